The highest BCUT2D eigenvalue weighted by molar-refractivity contribution is 6.06. The topological polar surface area (TPSA) is 52.5 Å². The van der Waals surface area contributed by atoms with Crippen LogP contribution in [-0.4, -0.2) is 24.7 Å². The molecule has 1 N–H and O–H groups in total. The molecule has 0 aliphatic rings. The Labute approximate surface area is 163 Å². The second-order valence-electron chi connectivity index (χ2n) is 6.57. The summed E-state index contributed by atoms with van der Waals surface area (Å²) >= 11 is 0. The third kappa shape index (κ3) is 3.58. The number of aromatic nitrogens is 1. The van der Waals surface area contributed by atoms with Crippen LogP contribution in [0.3, 0.4) is 0 Å². The summed E-state index contributed by atoms with van der Waals surface area (Å²) in [5.74, 6) is 0.623. The van der Waals surface area contributed by atoms with E-state index in [0.29, 0.717) is 22.7 Å². The van der Waals surface area contributed by atoms with E-state index in [1.54, 1.807) is 32.4 Å². The number of rotatable bonds is 5. The zero-order valence-electron chi connectivity index (χ0n) is 16.6. The van der Waals surface area contributed by atoms with Crippen molar-refractivity contribution in [1.82, 2.24) is 4.57 Å². The number of hydrogen-bond acceptors (Lipinski definition) is 3. The van der Waals surface area contributed by atoms with E-state index < -0.39 is 0 Å². The van der Waals surface area contributed by atoms with Gasteiger partial charge in [0.2, 0.25) is 0 Å². The van der Waals surface area contributed by atoms with E-state index in [1.165, 1.54) is 12.1 Å². The van der Waals surface area contributed by atoms with Crippen LogP contribution in [0.2, 0.25) is 0 Å². The van der Waals surface area contributed by atoms with Gasteiger partial charge in [0, 0.05) is 28.8 Å². The molecule has 0 fully saturated rings. The van der Waals surface area contributed by atoms with Gasteiger partial charge in [-0.05, 0) is 62.7 Å². The molecule has 0 aliphatic carbocycles. The number of methoxy groups -OCH3 is 2. The maximum atomic E-state index is 13.2. The summed E-state index contributed by atoms with van der Waals surface area (Å²) in [5, 5.41) is 2.95. The number of carbonyl (C=O) groups excluding carboxylic acids is 1. The maximum Gasteiger partial charge on any atom is 0.257 e. The van der Waals surface area contributed by atoms with Crippen molar-refractivity contribution in [2.75, 3.05) is 19.5 Å². The van der Waals surface area contributed by atoms with Crippen molar-refractivity contribution in [3.63, 3.8) is 0 Å². The molecule has 3 aromatic rings. The van der Waals surface area contributed by atoms with Gasteiger partial charge in [-0.1, -0.05) is 0 Å². The highest BCUT2D eigenvalue weighted by atomic mass is 19.1. The summed E-state index contributed by atoms with van der Waals surface area (Å²) in [4.78, 5) is 12.9. The average molecular weight is 382 g/mol. The lowest BCUT2D eigenvalue weighted by atomic mass is 10.1. The Bertz CT molecular complexity index is 1020. The van der Waals surface area contributed by atoms with Crippen LogP contribution in [0.15, 0.2) is 42.5 Å². The minimum Gasteiger partial charge on any atom is -0.493 e. The molecule has 0 saturated carbocycles. The second kappa shape index (κ2) is 7.76. The number of benzene rings is 2. The lowest BCUT2D eigenvalue weighted by Crippen LogP contribution is -2.14. The van der Waals surface area contributed by atoms with Crippen LogP contribution in [0, 0.1) is 26.6 Å². The zero-order chi connectivity index (χ0) is 20.4. The predicted octanol–water partition coefficient (Wildman–Crippen LogP) is 4.81. The summed E-state index contributed by atoms with van der Waals surface area (Å²) in [6.07, 6.45) is 0. The maximum absolute atomic E-state index is 13.2. The number of hydrogen-bond donors (Lipinski definition) is 1. The lowest BCUT2D eigenvalue weighted by molar-refractivity contribution is 0.102. The van der Waals surface area contributed by atoms with E-state index in [4.69, 9.17) is 9.47 Å². The number of nitrogens with one attached hydrogen (secondary N) is 1. The molecular formula is C22H23FN2O3. The zero-order valence-corrected chi connectivity index (χ0v) is 16.6. The van der Waals surface area contributed by atoms with E-state index in [-0.39, 0.29) is 11.7 Å². The van der Waals surface area contributed by atoms with Gasteiger partial charge in [-0.15, -0.1) is 0 Å². The fourth-order valence-electron chi connectivity index (χ4n) is 3.29. The number of aryl methyl sites for hydroxylation is 2. The van der Waals surface area contributed by atoms with Crippen LogP contribution in [-0.2, 0) is 0 Å². The molecule has 0 atom stereocenters. The fourth-order valence-corrected chi connectivity index (χ4v) is 3.29. The molecule has 0 spiro atoms. The molecule has 1 aromatic heterocycles. The minimum atomic E-state index is -0.298. The molecular weight excluding hydrogens is 359 g/mol. The normalized spacial score (nSPS) is 10.6. The molecule has 0 bridgehead atoms. The van der Waals surface area contributed by atoms with Gasteiger partial charge in [0.25, 0.3) is 5.91 Å². The highest BCUT2D eigenvalue weighted by Crippen LogP contribution is 2.33. The Morgan fingerprint density at radius 2 is 1.57 bits per heavy atom. The Hall–Kier alpha value is -3.28. The minimum absolute atomic E-state index is 0.225. The van der Waals surface area contributed by atoms with Gasteiger partial charge in [-0.3, -0.25) is 4.79 Å². The van der Waals surface area contributed by atoms with Crippen molar-refractivity contribution in [3.8, 4) is 17.2 Å². The summed E-state index contributed by atoms with van der Waals surface area (Å²) in [5.41, 5.74) is 4.53. The molecule has 1 heterocycles. The van der Waals surface area contributed by atoms with Crippen molar-refractivity contribution in [2.45, 2.75) is 20.8 Å². The Kier molecular flexibility index (Phi) is 5.40. The molecule has 146 valence electrons. The molecule has 28 heavy (non-hydrogen) atoms. The monoisotopic (exact) mass is 382 g/mol. The van der Waals surface area contributed by atoms with E-state index in [0.717, 1.165) is 22.6 Å². The summed E-state index contributed by atoms with van der Waals surface area (Å²) in [6, 6.07) is 11.6. The van der Waals surface area contributed by atoms with E-state index in [1.807, 2.05) is 37.5 Å². The number of ether oxygens (including phenoxy) is 2. The van der Waals surface area contributed by atoms with Gasteiger partial charge in [-0.25, -0.2) is 4.39 Å². The summed E-state index contributed by atoms with van der Waals surface area (Å²) in [6.45, 7) is 5.67. The first kappa shape index (κ1) is 19.5. The quantitative estimate of drug-likeness (QED) is 0.689. The number of halogens is 1. The summed E-state index contributed by atoms with van der Waals surface area (Å²) < 4.78 is 25.8. The molecule has 0 radical (unpaired) electrons. The van der Waals surface area contributed by atoms with Gasteiger partial charge in [-0.2, -0.15) is 0 Å². The van der Waals surface area contributed by atoms with E-state index >= 15 is 0 Å². The molecule has 1 amide bonds. The van der Waals surface area contributed by atoms with Crippen molar-refractivity contribution < 1.29 is 18.7 Å². The smallest absolute Gasteiger partial charge is 0.257 e. The first-order valence-electron chi connectivity index (χ1n) is 8.84. The third-order valence-electron chi connectivity index (χ3n) is 4.74. The largest absolute Gasteiger partial charge is 0.493 e. The number of amides is 1. The van der Waals surface area contributed by atoms with Crippen LogP contribution in [0.25, 0.3) is 5.69 Å². The van der Waals surface area contributed by atoms with Crippen molar-refractivity contribution >= 4 is 11.6 Å². The second-order valence-corrected chi connectivity index (χ2v) is 6.57. The predicted molar refractivity (Wildman–Crippen MR) is 107 cm³/mol. The van der Waals surface area contributed by atoms with Crippen molar-refractivity contribution in [1.29, 1.82) is 0 Å². The van der Waals surface area contributed by atoms with Crippen LogP contribution >= 0.6 is 0 Å². The van der Waals surface area contributed by atoms with Crippen LogP contribution < -0.4 is 14.8 Å². The Morgan fingerprint density at radius 1 is 0.964 bits per heavy atom. The Morgan fingerprint density at radius 3 is 2.18 bits per heavy atom. The van der Waals surface area contributed by atoms with E-state index in [2.05, 4.69) is 5.32 Å². The van der Waals surface area contributed by atoms with Crippen LogP contribution in [0.1, 0.15) is 27.3 Å². The molecule has 0 saturated heterocycles. The number of nitrogens with zero attached hydrogens (tertiary/aromatic N) is 1. The van der Waals surface area contributed by atoms with Crippen molar-refractivity contribution in [2.24, 2.45) is 0 Å². The summed E-state index contributed by atoms with van der Waals surface area (Å²) in [7, 11) is 3.12. The van der Waals surface area contributed by atoms with Crippen LogP contribution in [0.4, 0.5) is 10.1 Å². The van der Waals surface area contributed by atoms with Crippen molar-refractivity contribution in [3.05, 3.63) is 70.8 Å². The third-order valence-corrected chi connectivity index (χ3v) is 4.74. The molecule has 3 rings (SSSR count). The van der Waals surface area contributed by atoms with Gasteiger partial charge in [0.15, 0.2) is 11.5 Å². The highest BCUT2D eigenvalue weighted by Gasteiger charge is 2.18. The van der Waals surface area contributed by atoms with Gasteiger partial charge in [0.05, 0.1) is 19.8 Å². The number of anilines is 1. The lowest BCUT2D eigenvalue weighted by Gasteiger charge is -2.14. The fraction of sp³-hybridized carbons (Fsp3) is 0.227. The first-order valence-corrected chi connectivity index (χ1v) is 8.84. The van der Waals surface area contributed by atoms with E-state index in [9.17, 15) is 9.18 Å². The molecule has 2 aromatic carbocycles. The molecule has 6 heteroatoms. The van der Waals surface area contributed by atoms with Gasteiger partial charge >= 0.3 is 0 Å². The number of carbonyl (C=O) groups is 1. The SMILES string of the molecule is COc1cc(C)c(NC(=O)c2cc(C)n(-c3ccc(F)cc3)c2C)cc1OC. The van der Waals surface area contributed by atoms with Gasteiger partial charge < -0.3 is 19.4 Å². The first-order chi connectivity index (χ1) is 13.3. The molecule has 0 aliphatic heterocycles. The standard InChI is InChI=1S/C22H23FN2O3/c1-13-10-20(27-4)21(28-5)12-19(13)24-22(26)18-11-14(2)25(15(18)3)17-8-6-16(23)7-9-17/h6-12H,1-5H3,(H,24,26). The Balaban J connectivity index is 1.94. The molecule has 5 nitrogen and oxygen atoms in total. The van der Waals surface area contributed by atoms with Gasteiger partial charge in [0.1, 0.15) is 5.82 Å². The molecule has 0 unspecified atom stereocenters. The average Bonchev–Trinajstić information content (AvgIpc) is 2.98. The van der Waals surface area contributed by atoms with Crippen LogP contribution in [0.5, 0.6) is 11.5 Å².